The first-order valence-corrected chi connectivity index (χ1v) is 5.46. The van der Waals surface area contributed by atoms with Crippen LogP contribution in [0.4, 0.5) is 5.69 Å². The normalized spacial score (nSPS) is 11.0. The average molecular weight is 202 g/mol. The van der Waals surface area contributed by atoms with Crippen LogP contribution in [-0.2, 0) is 6.42 Å². The van der Waals surface area contributed by atoms with Gasteiger partial charge in [0.2, 0.25) is 0 Å². The van der Waals surface area contributed by atoms with Crippen LogP contribution in [0.2, 0.25) is 0 Å². The molecule has 1 heterocycles. The lowest BCUT2D eigenvalue weighted by molar-refractivity contribution is 0.720. The van der Waals surface area contributed by atoms with E-state index in [1.54, 1.807) is 0 Å². The van der Waals surface area contributed by atoms with E-state index < -0.39 is 0 Å². The van der Waals surface area contributed by atoms with Gasteiger partial charge in [0.05, 0.1) is 11.0 Å². The molecule has 1 aromatic carbocycles. The maximum absolute atomic E-state index is 5.96. The zero-order valence-electron chi connectivity index (χ0n) is 9.01. The lowest BCUT2D eigenvalue weighted by atomic mass is 10.0. The van der Waals surface area contributed by atoms with Crippen molar-refractivity contribution in [3.05, 3.63) is 24.0 Å². The van der Waals surface area contributed by atoms with Gasteiger partial charge in [0, 0.05) is 11.3 Å². The monoisotopic (exact) mass is 202 g/mol. The smallest absolute Gasteiger partial charge is 0.174 e. The summed E-state index contributed by atoms with van der Waals surface area (Å²) in [4.78, 5) is 7.18. The van der Waals surface area contributed by atoms with Crippen LogP contribution in [0.3, 0.4) is 0 Å². The molecule has 1 radical (unpaired) electrons. The first-order chi connectivity index (χ1) is 7.33. The SMILES string of the molecule is CCCCCc1c(N)ccc2[nH][c]nc12. The summed E-state index contributed by atoms with van der Waals surface area (Å²) in [5, 5.41) is 0. The molecule has 0 spiro atoms. The summed E-state index contributed by atoms with van der Waals surface area (Å²) >= 11 is 0. The van der Waals surface area contributed by atoms with E-state index in [0.29, 0.717) is 0 Å². The molecule has 0 saturated carbocycles. The number of imidazole rings is 1. The number of anilines is 1. The average Bonchev–Trinajstić information content (AvgIpc) is 2.69. The second-order valence-corrected chi connectivity index (χ2v) is 3.84. The zero-order valence-corrected chi connectivity index (χ0v) is 9.01. The van der Waals surface area contributed by atoms with Crippen LogP contribution < -0.4 is 5.73 Å². The Morgan fingerprint density at radius 3 is 3.07 bits per heavy atom. The van der Waals surface area contributed by atoms with E-state index in [1.807, 2.05) is 12.1 Å². The van der Waals surface area contributed by atoms with Gasteiger partial charge in [0.25, 0.3) is 0 Å². The molecule has 2 aromatic rings. The van der Waals surface area contributed by atoms with Crippen LogP contribution in [0, 0.1) is 6.33 Å². The Labute approximate surface area is 89.7 Å². The third-order valence-corrected chi connectivity index (χ3v) is 2.71. The molecule has 1 aromatic heterocycles. The van der Waals surface area contributed by atoms with Crippen molar-refractivity contribution in [3.8, 4) is 0 Å². The zero-order chi connectivity index (χ0) is 10.7. The number of aromatic amines is 1. The van der Waals surface area contributed by atoms with E-state index in [-0.39, 0.29) is 0 Å². The second kappa shape index (κ2) is 4.34. The minimum absolute atomic E-state index is 0.846. The molecule has 79 valence electrons. The Hall–Kier alpha value is -1.51. The standard InChI is InChI=1S/C12H16N3/c1-2-3-4-5-9-10(13)6-7-11-12(9)15-8-14-11/h6-7H,2-5,13H2,1H3,(H,14,15). The number of fused-ring (bicyclic) bond motifs is 1. The van der Waals surface area contributed by atoms with Crippen molar-refractivity contribution in [2.24, 2.45) is 0 Å². The van der Waals surface area contributed by atoms with Crippen molar-refractivity contribution in [2.45, 2.75) is 32.6 Å². The molecule has 0 fully saturated rings. The van der Waals surface area contributed by atoms with Gasteiger partial charge in [-0.05, 0) is 25.0 Å². The number of hydrogen-bond donors (Lipinski definition) is 2. The second-order valence-electron chi connectivity index (χ2n) is 3.84. The molecule has 0 aliphatic heterocycles. The summed E-state index contributed by atoms with van der Waals surface area (Å²) in [5.41, 5.74) is 9.97. The predicted molar refractivity (Wildman–Crippen MR) is 62.6 cm³/mol. The molecule has 2 rings (SSSR count). The molecule has 0 unspecified atom stereocenters. The van der Waals surface area contributed by atoms with Gasteiger partial charge in [-0.1, -0.05) is 19.8 Å². The van der Waals surface area contributed by atoms with Gasteiger partial charge in [-0.3, -0.25) is 0 Å². The van der Waals surface area contributed by atoms with Crippen molar-refractivity contribution in [2.75, 3.05) is 5.73 Å². The summed E-state index contributed by atoms with van der Waals surface area (Å²) < 4.78 is 0. The number of nitrogen functional groups attached to an aromatic ring is 1. The fourth-order valence-corrected chi connectivity index (χ4v) is 1.84. The maximum Gasteiger partial charge on any atom is 0.174 e. The molecule has 3 N–H and O–H groups in total. The summed E-state index contributed by atoms with van der Waals surface area (Å²) in [6.07, 6.45) is 7.41. The van der Waals surface area contributed by atoms with E-state index in [2.05, 4.69) is 23.2 Å². The third-order valence-electron chi connectivity index (χ3n) is 2.71. The van der Waals surface area contributed by atoms with Crippen LogP contribution in [0.25, 0.3) is 11.0 Å². The number of aryl methyl sites for hydroxylation is 1. The molecule has 0 saturated heterocycles. The van der Waals surface area contributed by atoms with Gasteiger partial charge in [0.1, 0.15) is 0 Å². The fourth-order valence-electron chi connectivity index (χ4n) is 1.84. The van der Waals surface area contributed by atoms with Crippen molar-refractivity contribution in [3.63, 3.8) is 0 Å². The number of rotatable bonds is 4. The lowest BCUT2D eigenvalue weighted by Crippen LogP contribution is -1.96. The van der Waals surface area contributed by atoms with Gasteiger partial charge in [-0.15, -0.1) is 0 Å². The van der Waals surface area contributed by atoms with Crippen molar-refractivity contribution < 1.29 is 0 Å². The third kappa shape index (κ3) is 1.96. The first kappa shape index (κ1) is 10.0. The Morgan fingerprint density at radius 2 is 2.27 bits per heavy atom. The molecule has 0 bridgehead atoms. The van der Waals surface area contributed by atoms with Gasteiger partial charge in [0.15, 0.2) is 6.33 Å². The van der Waals surface area contributed by atoms with Crippen LogP contribution in [0.15, 0.2) is 12.1 Å². The van der Waals surface area contributed by atoms with E-state index in [0.717, 1.165) is 23.1 Å². The minimum atomic E-state index is 0.846. The number of nitrogens with one attached hydrogen (secondary N) is 1. The Bertz CT molecular complexity index is 445. The predicted octanol–water partition coefficient (Wildman–Crippen LogP) is 2.68. The number of hydrogen-bond acceptors (Lipinski definition) is 2. The van der Waals surface area contributed by atoms with Crippen LogP contribution in [0.5, 0.6) is 0 Å². The number of nitrogens with zero attached hydrogens (tertiary/aromatic N) is 1. The molecule has 0 atom stereocenters. The van der Waals surface area contributed by atoms with E-state index in [9.17, 15) is 0 Å². The molecular weight excluding hydrogens is 186 g/mol. The molecule has 0 aliphatic rings. The maximum atomic E-state index is 5.96. The highest BCUT2D eigenvalue weighted by Gasteiger charge is 2.07. The largest absolute Gasteiger partial charge is 0.398 e. The number of aromatic nitrogens is 2. The molecule has 0 aliphatic carbocycles. The van der Waals surface area contributed by atoms with Crippen molar-refractivity contribution in [1.29, 1.82) is 0 Å². The van der Waals surface area contributed by atoms with Gasteiger partial charge >= 0.3 is 0 Å². The summed E-state index contributed by atoms with van der Waals surface area (Å²) in [6.45, 7) is 2.20. The van der Waals surface area contributed by atoms with Gasteiger partial charge in [-0.25, -0.2) is 4.98 Å². The van der Waals surface area contributed by atoms with Crippen molar-refractivity contribution >= 4 is 16.7 Å². The lowest BCUT2D eigenvalue weighted by Gasteiger charge is -2.05. The van der Waals surface area contributed by atoms with Crippen LogP contribution >= 0.6 is 0 Å². The van der Waals surface area contributed by atoms with Crippen molar-refractivity contribution in [1.82, 2.24) is 9.97 Å². The quantitative estimate of drug-likeness (QED) is 0.591. The minimum Gasteiger partial charge on any atom is -0.398 e. The van der Waals surface area contributed by atoms with E-state index in [4.69, 9.17) is 5.73 Å². The summed E-state index contributed by atoms with van der Waals surface area (Å²) in [6, 6.07) is 3.90. The number of unbranched alkanes of at least 4 members (excludes halogenated alkanes) is 2. The van der Waals surface area contributed by atoms with Crippen LogP contribution in [0.1, 0.15) is 31.7 Å². The summed E-state index contributed by atoms with van der Waals surface area (Å²) in [5.74, 6) is 0. The molecule has 3 heteroatoms. The highest BCUT2D eigenvalue weighted by molar-refractivity contribution is 5.83. The number of benzene rings is 1. The van der Waals surface area contributed by atoms with Gasteiger partial charge < -0.3 is 10.7 Å². The fraction of sp³-hybridized carbons (Fsp3) is 0.417. The molecule has 15 heavy (non-hydrogen) atoms. The Morgan fingerprint density at radius 1 is 1.40 bits per heavy atom. The van der Waals surface area contributed by atoms with E-state index in [1.165, 1.54) is 24.8 Å². The molecular formula is C12H16N3. The Kier molecular flexibility index (Phi) is 2.90. The van der Waals surface area contributed by atoms with Crippen LogP contribution in [-0.4, -0.2) is 9.97 Å². The molecule has 0 amide bonds. The first-order valence-electron chi connectivity index (χ1n) is 5.46. The number of H-pyrrole nitrogens is 1. The highest BCUT2D eigenvalue weighted by Crippen LogP contribution is 2.23. The highest BCUT2D eigenvalue weighted by atomic mass is 14.9. The Balaban J connectivity index is 2.30. The topological polar surface area (TPSA) is 54.7 Å². The van der Waals surface area contributed by atoms with Gasteiger partial charge in [-0.2, -0.15) is 0 Å². The molecule has 3 nitrogen and oxygen atoms in total. The number of nitrogens with two attached hydrogens (primary N) is 1. The summed E-state index contributed by atoms with van der Waals surface area (Å²) in [7, 11) is 0. The van der Waals surface area contributed by atoms with E-state index >= 15 is 0 Å².